The number of carbonyl (C=O) groups is 1. The number of nitrogens with zero attached hydrogens (tertiary/aromatic N) is 2. The molecule has 29 heavy (non-hydrogen) atoms. The first-order valence-electron chi connectivity index (χ1n) is 9.58. The monoisotopic (exact) mass is 389 g/mol. The van der Waals surface area contributed by atoms with Crippen molar-refractivity contribution in [2.75, 3.05) is 12.1 Å². The summed E-state index contributed by atoms with van der Waals surface area (Å²) in [6.45, 7) is 4.79. The molecule has 0 atom stereocenters. The molecule has 0 bridgehead atoms. The summed E-state index contributed by atoms with van der Waals surface area (Å²) in [4.78, 5) is 19.3. The van der Waals surface area contributed by atoms with Gasteiger partial charge in [0.1, 0.15) is 5.69 Å². The first kappa shape index (κ1) is 18.8. The minimum Gasteiger partial charge on any atom is -0.454 e. The fraction of sp³-hybridized carbons (Fsp3) is 0.217. The number of aromatic nitrogens is 1. The minimum atomic E-state index is -0.0989. The number of benzene rings is 2. The summed E-state index contributed by atoms with van der Waals surface area (Å²) in [5.41, 5.74) is 3.12. The van der Waals surface area contributed by atoms with Crippen molar-refractivity contribution >= 4 is 17.3 Å². The van der Waals surface area contributed by atoms with Crippen molar-refractivity contribution in [1.29, 1.82) is 0 Å². The van der Waals surface area contributed by atoms with E-state index in [-0.39, 0.29) is 18.7 Å². The van der Waals surface area contributed by atoms with E-state index in [9.17, 15) is 4.79 Å². The molecule has 2 aromatic carbocycles. The van der Waals surface area contributed by atoms with Gasteiger partial charge in [-0.25, -0.2) is 0 Å². The van der Waals surface area contributed by atoms with E-state index in [1.807, 2.05) is 73.3 Å². The number of amides is 1. The smallest absolute Gasteiger partial charge is 0.273 e. The highest BCUT2D eigenvalue weighted by Crippen LogP contribution is 2.35. The third kappa shape index (κ3) is 4.32. The van der Waals surface area contributed by atoms with Crippen molar-refractivity contribution in [3.05, 3.63) is 78.1 Å². The van der Waals surface area contributed by atoms with E-state index in [2.05, 4.69) is 10.3 Å². The van der Waals surface area contributed by atoms with Crippen molar-refractivity contribution in [3.63, 3.8) is 0 Å². The van der Waals surface area contributed by atoms with E-state index < -0.39 is 0 Å². The molecule has 1 aromatic heterocycles. The van der Waals surface area contributed by atoms with Gasteiger partial charge in [-0.1, -0.05) is 30.3 Å². The van der Waals surface area contributed by atoms with Crippen LogP contribution < -0.4 is 14.8 Å². The van der Waals surface area contributed by atoms with Gasteiger partial charge in [0, 0.05) is 36.2 Å². The second-order valence-electron chi connectivity index (χ2n) is 7.14. The fourth-order valence-electron chi connectivity index (χ4n) is 3.18. The molecule has 3 aromatic rings. The average Bonchev–Trinajstić information content (AvgIpc) is 3.20. The fourth-order valence-corrected chi connectivity index (χ4v) is 3.18. The number of anilines is 2. The first-order valence-corrected chi connectivity index (χ1v) is 9.58. The van der Waals surface area contributed by atoms with Gasteiger partial charge >= 0.3 is 0 Å². The molecule has 1 N–H and O–H groups in total. The lowest BCUT2D eigenvalue weighted by molar-refractivity contribution is 0.0684. The molecular weight excluding hydrogens is 366 g/mol. The van der Waals surface area contributed by atoms with E-state index >= 15 is 0 Å². The first-order chi connectivity index (χ1) is 14.1. The maximum Gasteiger partial charge on any atom is 0.273 e. The number of hydrogen-bond donors (Lipinski definition) is 1. The Kier molecular flexibility index (Phi) is 5.33. The van der Waals surface area contributed by atoms with Crippen LogP contribution in [0.25, 0.3) is 0 Å². The number of carbonyl (C=O) groups excluding carboxylic acids is 1. The number of hydrogen-bond acceptors (Lipinski definition) is 5. The molecule has 1 amide bonds. The number of pyridine rings is 1. The highest BCUT2D eigenvalue weighted by molar-refractivity contribution is 5.93. The molecule has 0 aliphatic carbocycles. The van der Waals surface area contributed by atoms with E-state index in [0.29, 0.717) is 18.0 Å². The lowest BCUT2D eigenvalue weighted by Gasteiger charge is -2.26. The Balaban J connectivity index is 1.52. The zero-order chi connectivity index (χ0) is 20.2. The standard InChI is InChI=1S/C23H23N3O3/c1-16(2)26(14-17-6-4-3-5-7-17)23(27)20-12-19(10-11-24-20)25-18-8-9-21-22(13-18)29-15-28-21/h3-13,16H,14-15H2,1-2H3,(H,24,25). The Labute approximate surface area is 170 Å². The summed E-state index contributed by atoms with van der Waals surface area (Å²) < 4.78 is 10.8. The Bertz CT molecular complexity index is 1010. The van der Waals surface area contributed by atoms with E-state index in [1.165, 1.54) is 0 Å². The highest BCUT2D eigenvalue weighted by Gasteiger charge is 2.21. The van der Waals surface area contributed by atoms with Gasteiger partial charge in [-0.05, 0) is 43.7 Å². The van der Waals surface area contributed by atoms with E-state index in [1.54, 1.807) is 12.3 Å². The zero-order valence-corrected chi connectivity index (χ0v) is 16.5. The van der Waals surface area contributed by atoms with Crippen molar-refractivity contribution in [1.82, 2.24) is 9.88 Å². The van der Waals surface area contributed by atoms with Crippen LogP contribution in [-0.4, -0.2) is 28.6 Å². The van der Waals surface area contributed by atoms with Gasteiger partial charge in [0.05, 0.1) is 0 Å². The molecule has 6 nitrogen and oxygen atoms in total. The molecule has 148 valence electrons. The quantitative estimate of drug-likeness (QED) is 0.667. The van der Waals surface area contributed by atoms with Crippen LogP contribution in [-0.2, 0) is 6.54 Å². The van der Waals surface area contributed by atoms with Crippen molar-refractivity contribution in [3.8, 4) is 11.5 Å². The molecule has 0 unspecified atom stereocenters. The van der Waals surface area contributed by atoms with Crippen LogP contribution in [0.3, 0.4) is 0 Å². The van der Waals surface area contributed by atoms with Crippen LogP contribution in [0, 0.1) is 0 Å². The van der Waals surface area contributed by atoms with Gasteiger partial charge in [-0.15, -0.1) is 0 Å². The highest BCUT2D eigenvalue weighted by atomic mass is 16.7. The van der Waals surface area contributed by atoms with Crippen molar-refractivity contribution in [2.24, 2.45) is 0 Å². The van der Waals surface area contributed by atoms with E-state index in [0.717, 1.165) is 22.7 Å². The third-order valence-electron chi connectivity index (χ3n) is 4.72. The van der Waals surface area contributed by atoms with Crippen LogP contribution in [0.4, 0.5) is 11.4 Å². The number of rotatable bonds is 6. The van der Waals surface area contributed by atoms with Crippen LogP contribution >= 0.6 is 0 Å². The number of ether oxygens (including phenoxy) is 2. The summed E-state index contributed by atoms with van der Waals surface area (Å²) >= 11 is 0. The van der Waals surface area contributed by atoms with Gasteiger partial charge in [0.25, 0.3) is 5.91 Å². The van der Waals surface area contributed by atoms with Gasteiger partial charge in [-0.2, -0.15) is 0 Å². The molecular formula is C23H23N3O3. The zero-order valence-electron chi connectivity index (χ0n) is 16.5. The van der Waals surface area contributed by atoms with Gasteiger partial charge in [0.2, 0.25) is 6.79 Å². The molecule has 0 fully saturated rings. The maximum atomic E-state index is 13.1. The lowest BCUT2D eigenvalue weighted by atomic mass is 10.1. The summed E-state index contributed by atoms with van der Waals surface area (Å²) in [7, 11) is 0. The lowest BCUT2D eigenvalue weighted by Crippen LogP contribution is -2.36. The van der Waals surface area contributed by atoms with Crippen LogP contribution in [0.15, 0.2) is 66.9 Å². The molecule has 1 aliphatic rings. The molecule has 6 heteroatoms. The SMILES string of the molecule is CC(C)N(Cc1ccccc1)C(=O)c1cc(Nc2ccc3c(c2)OCO3)ccn1. The Morgan fingerprint density at radius 2 is 1.79 bits per heavy atom. The predicted molar refractivity (Wildman–Crippen MR) is 112 cm³/mol. The van der Waals surface area contributed by atoms with E-state index in [4.69, 9.17) is 9.47 Å². The van der Waals surface area contributed by atoms with Crippen LogP contribution in [0.2, 0.25) is 0 Å². The molecule has 4 rings (SSSR count). The molecule has 0 spiro atoms. The molecule has 0 radical (unpaired) electrons. The minimum absolute atomic E-state index is 0.0509. The second-order valence-corrected chi connectivity index (χ2v) is 7.14. The summed E-state index contributed by atoms with van der Waals surface area (Å²) in [5, 5.41) is 3.30. The summed E-state index contributed by atoms with van der Waals surface area (Å²) in [5.74, 6) is 1.34. The van der Waals surface area contributed by atoms with Crippen LogP contribution in [0.5, 0.6) is 11.5 Å². The normalized spacial score (nSPS) is 12.1. The summed E-state index contributed by atoms with van der Waals surface area (Å²) in [6, 6.07) is 19.3. The number of fused-ring (bicyclic) bond motifs is 1. The molecule has 0 saturated heterocycles. The van der Waals surface area contributed by atoms with Gasteiger partial charge in [-0.3, -0.25) is 9.78 Å². The van der Waals surface area contributed by atoms with Crippen LogP contribution in [0.1, 0.15) is 29.9 Å². The second kappa shape index (κ2) is 8.22. The third-order valence-corrected chi connectivity index (χ3v) is 4.72. The molecule has 2 heterocycles. The molecule has 1 aliphatic heterocycles. The largest absolute Gasteiger partial charge is 0.454 e. The predicted octanol–water partition coefficient (Wildman–Crippen LogP) is 4.60. The van der Waals surface area contributed by atoms with Crippen molar-refractivity contribution in [2.45, 2.75) is 26.4 Å². The Hall–Kier alpha value is -3.54. The molecule has 0 saturated carbocycles. The topological polar surface area (TPSA) is 63.7 Å². The Morgan fingerprint density at radius 1 is 1.03 bits per heavy atom. The maximum absolute atomic E-state index is 13.1. The number of nitrogens with one attached hydrogen (secondary N) is 1. The van der Waals surface area contributed by atoms with Gasteiger partial charge < -0.3 is 19.7 Å². The van der Waals surface area contributed by atoms with Gasteiger partial charge in [0.15, 0.2) is 11.5 Å². The average molecular weight is 389 g/mol. The summed E-state index contributed by atoms with van der Waals surface area (Å²) in [6.07, 6.45) is 1.64. The Morgan fingerprint density at radius 3 is 2.59 bits per heavy atom. The van der Waals surface area contributed by atoms with Crippen molar-refractivity contribution < 1.29 is 14.3 Å².